The van der Waals surface area contributed by atoms with Crippen LogP contribution >= 0.6 is 0 Å². The van der Waals surface area contributed by atoms with E-state index in [4.69, 9.17) is 15.6 Å². The number of aliphatic imine (C=N–C) groups is 1. The van der Waals surface area contributed by atoms with Crippen molar-refractivity contribution in [3.63, 3.8) is 0 Å². The largest absolute Gasteiger partial charge is 0.481 e. The van der Waals surface area contributed by atoms with Crippen LogP contribution in [-0.4, -0.2) is 45.6 Å². The number of ketones is 1. The third-order valence-electron chi connectivity index (χ3n) is 8.09. The number of carbonyl (C=O) groups excluding carboxylic acids is 2. The Morgan fingerprint density at radius 2 is 1.76 bits per heavy atom. The number of carboxylic acid groups (broad SMARTS) is 1. The van der Waals surface area contributed by atoms with Crippen LogP contribution in [0.5, 0.6) is 0 Å². The molecule has 1 aliphatic carbocycles. The topological polar surface area (TPSA) is 87.0 Å². The number of carbonyl (C=O) groups is 3. The van der Waals surface area contributed by atoms with E-state index in [1.54, 1.807) is 17.0 Å². The maximum Gasteiger partial charge on any atom is 0.416 e. The van der Waals surface area contributed by atoms with Crippen molar-refractivity contribution in [3.05, 3.63) is 70.8 Å². The molecule has 0 bridgehead atoms. The summed E-state index contributed by atoms with van der Waals surface area (Å²) in [5.41, 5.74) is -0.759. The van der Waals surface area contributed by atoms with E-state index in [9.17, 15) is 27.6 Å². The molecule has 1 spiro atoms. The summed E-state index contributed by atoms with van der Waals surface area (Å²) in [6, 6.07) is 10.7. The van der Waals surface area contributed by atoms with Gasteiger partial charge in [-0.15, -0.1) is 0 Å². The maximum atomic E-state index is 13.8. The van der Waals surface area contributed by atoms with Gasteiger partial charge in [-0.2, -0.15) is 13.2 Å². The molecule has 0 saturated heterocycles. The van der Waals surface area contributed by atoms with E-state index in [0.29, 0.717) is 25.2 Å². The number of benzene rings is 2. The van der Waals surface area contributed by atoms with Crippen molar-refractivity contribution in [2.75, 3.05) is 6.54 Å². The van der Waals surface area contributed by atoms with Crippen LogP contribution in [0.15, 0.2) is 53.5 Å². The third kappa shape index (κ3) is 7.05. The zero-order chi connectivity index (χ0) is 33.6. The molecular formula is C32H37F3N2O4. The van der Waals surface area contributed by atoms with Crippen molar-refractivity contribution in [2.45, 2.75) is 83.9 Å². The lowest BCUT2D eigenvalue weighted by Gasteiger charge is -2.45. The number of amides is 1. The van der Waals surface area contributed by atoms with Crippen LogP contribution in [0.3, 0.4) is 0 Å². The van der Waals surface area contributed by atoms with Gasteiger partial charge in [0.15, 0.2) is 5.78 Å². The molecule has 4 rings (SSSR count). The predicted molar refractivity (Wildman–Crippen MR) is 150 cm³/mol. The molecule has 1 fully saturated rings. The van der Waals surface area contributed by atoms with Crippen molar-refractivity contribution in [3.8, 4) is 0 Å². The molecule has 9 heteroatoms. The van der Waals surface area contributed by atoms with Gasteiger partial charge in [0.05, 0.1) is 5.56 Å². The van der Waals surface area contributed by atoms with Gasteiger partial charge >= 0.3 is 12.1 Å². The summed E-state index contributed by atoms with van der Waals surface area (Å²) >= 11 is 0. The fourth-order valence-corrected chi connectivity index (χ4v) is 5.70. The molecule has 1 N–H and O–H groups in total. The first-order chi connectivity index (χ1) is 20.7. The molecule has 1 aliphatic heterocycles. The summed E-state index contributed by atoms with van der Waals surface area (Å²) < 4.78 is 71.0. The lowest BCUT2D eigenvalue weighted by Crippen LogP contribution is -2.50. The molecule has 0 aromatic heterocycles. The fraction of sp³-hybridized carbons (Fsp3) is 0.500. The lowest BCUT2D eigenvalue weighted by molar-refractivity contribution is -0.138. The van der Waals surface area contributed by atoms with Crippen molar-refractivity contribution < 1.29 is 38.1 Å². The number of hydrogen-bond acceptors (Lipinski definition) is 4. The maximum absolute atomic E-state index is 13.8. The van der Waals surface area contributed by atoms with E-state index in [1.807, 2.05) is 0 Å². The Bertz CT molecular complexity index is 1490. The molecule has 1 saturated carbocycles. The predicted octanol–water partition coefficient (Wildman–Crippen LogP) is 6.95. The molecule has 0 unspecified atom stereocenters. The Morgan fingerprint density at radius 1 is 1.10 bits per heavy atom. The van der Waals surface area contributed by atoms with Gasteiger partial charge in [0.1, 0.15) is 11.4 Å². The van der Waals surface area contributed by atoms with Gasteiger partial charge in [0.2, 0.25) is 0 Å². The SMILES string of the molecule is [2H]C([2H])(CC(=O)c1ccc(CCN2C(=O)C(c3cccc(C(F)(F)F)c3)=NC23CCC(C(C)(C)C)CC3)cc1)C([2H])([2H])C(=O)O. The first-order valence-corrected chi connectivity index (χ1v) is 13.6. The minimum atomic E-state index is -4.57. The number of carboxylic acids is 1. The summed E-state index contributed by atoms with van der Waals surface area (Å²) in [6.07, 6.45) is -8.65. The second kappa shape index (κ2) is 11.8. The number of rotatable bonds is 9. The average Bonchev–Trinajstić information content (AvgIpc) is 3.21. The van der Waals surface area contributed by atoms with Crippen LogP contribution in [0.2, 0.25) is 0 Å². The minimum absolute atomic E-state index is 0.00625. The van der Waals surface area contributed by atoms with Crippen LogP contribution in [0.25, 0.3) is 0 Å². The normalized spacial score (nSPS) is 23.5. The number of Topliss-reactive ketones (excluding diaryl/α,β-unsaturated/α-hetero) is 1. The highest BCUT2D eigenvalue weighted by atomic mass is 19.4. The summed E-state index contributed by atoms with van der Waals surface area (Å²) in [5.74, 6) is -2.81. The molecule has 2 aromatic carbocycles. The number of alkyl halides is 3. The summed E-state index contributed by atoms with van der Waals surface area (Å²) in [5, 5.41) is 9.02. The van der Waals surface area contributed by atoms with Gasteiger partial charge in [0, 0.05) is 35.9 Å². The highest BCUT2D eigenvalue weighted by molar-refractivity contribution is 6.46. The van der Waals surface area contributed by atoms with Crippen molar-refractivity contribution >= 4 is 23.4 Å². The standard InChI is InChI=1S/C32H37F3N2O4/c1-30(2,3)24-14-17-31(18-15-24)36-28(23-6-4-7-25(20-23)32(33,34)35)29(41)37(31)19-16-21-10-12-22(13-11-21)26(38)8-5-9-27(39)40/h4,6-7,10-13,20,24H,5,8-9,14-19H2,1-3H3,(H,39,40)/i5D2,9D2. The van der Waals surface area contributed by atoms with E-state index in [2.05, 4.69) is 20.8 Å². The Hall–Kier alpha value is -3.49. The molecule has 41 heavy (non-hydrogen) atoms. The van der Waals surface area contributed by atoms with Crippen molar-refractivity contribution in [2.24, 2.45) is 16.3 Å². The van der Waals surface area contributed by atoms with E-state index in [-0.39, 0.29) is 28.8 Å². The van der Waals surface area contributed by atoms with Crippen LogP contribution < -0.4 is 0 Å². The van der Waals surface area contributed by atoms with Gasteiger partial charge < -0.3 is 10.0 Å². The second-order valence-corrected chi connectivity index (χ2v) is 11.8. The van der Waals surface area contributed by atoms with E-state index < -0.39 is 54.2 Å². The summed E-state index contributed by atoms with van der Waals surface area (Å²) in [7, 11) is 0. The zero-order valence-corrected chi connectivity index (χ0v) is 23.3. The summed E-state index contributed by atoms with van der Waals surface area (Å²) in [4.78, 5) is 44.1. The second-order valence-electron chi connectivity index (χ2n) is 11.8. The van der Waals surface area contributed by atoms with Gasteiger partial charge in [-0.25, -0.2) is 0 Å². The van der Waals surface area contributed by atoms with E-state index >= 15 is 0 Å². The Balaban J connectivity index is 1.54. The third-order valence-corrected chi connectivity index (χ3v) is 8.09. The van der Waals surface area contributed by atoms with Crippen molar-refractivity contribution in [1.82, 2.24) is 4.90 Å². The zero-order valence-electron chi connectivity index (χ0n) is 27.3. The molecule has 0 radical (unpaired) electrons. The first kappa shape index (κ1) is 25.2. The van der Waals surface area contributed by atoms with Gasteiger partial charge in [0.25, 0.3) is 5.91 Å². The molecule has 0 atom stereocenters. The Morgan fingerprint density at radius 3 is 2.34 bits per heavy atom. The minimum Gasteiger partial charge on any atom is -0.481 e. The average molecular weight is 575 g/mol. The van der Waals surface area contributed by atoms with E-state index in [1.165, 1.54) is 24.3 Å². The number of hydrogen-bond donors (Lipinski definition) is 1. The highest BCUT2D eigenvalue weighted by Crippen LogP contribution is 2.46. The quantitative estimate of drug-likeness (QED) is 0.329. The van der Waals surface area contributed by atoms with Crippen LogP contribution in [0.1, 0.15) is 98.2 Å². The smallest absolute Gasteiger partial charge is 0.416 e. The molecule has 2 aromatic rings. The van der Waals surface area contributed by atoms with Gasteiger partial charge in [-0.3, -0.25) is 19.4 Å². The van der Waals surface area contributed by atoms with E-state index in [0.717, 1.165) is 30.5 Å². The molecular weight excluding hydrogens is 533 g/mol. The molecule has 6 nitrogen and oxygen atoms in total. The Kier molecular flexibility index (Phi) is 7.25. The molecule has 220 valence electrons. The van der Waals surface area contributed by atoms with Crippen LogP contribution in [0, 0.1) is 11.3 Å². The first-order valence-electron chi connectivity index (χ1n) is 15.6. The number of nitrogens with zero attached hydrogens (tertiary/aromatic N) is 2. The number of aliphatic carboxylic acids is 1. The van der Waals surface area contributed by atoms with Crippen molar-refractivity contribution in [1.29, 1.82) is 0 Å². The molecule has 1 heterocycles. The molecule has 1 amide bonds. The number of halogens is 3. The fourth-order valence-electron chi connectivity index (χ4n) is 5.70. The summed E-state index contributed by atoms with van der Waals surface area (Å²) in [6.45, 7) is 6.71. The van der Waals surface area contributed by atoms with Crippen LogP contribution in [0.4, 0.5) is 13.2 Å². The van der Waals surface area contributed by atoms with Crippen LogP contribution in [-0.2, 0) is 22.2 Å². The Labute approximate surface area is 244 Å². The monoisotopic (exact) mass is 574 g/mol. The highest BCUT2D eigenvalue weighted by Gasteiger charge is 2.50. The van der Waals surface area contributed by atoms with Gasteiger partial charge in [-0.05, 0) is 67.5 Å². The molecule has 2 aliphatic rings. The lowest BCUT2D eigenvalue weighted by atomic mass is 9.69. The van der Waals surface area contributed by atoms with Gasteiger partial charge in [-0.1, -0.05) is 57.2 Å².